The van der Waals surface area contributed by atoms with E-state index in [1.165, 1.54) is 0 Å². The summed E-state index contributed by atoms with van der Waals surface area (Å²) in [5.41, 5.74) is 3.40. The molecule has 0 bridgehead atoms. The van der Waals surface area contributed by atoms with Crippen molar-refractivity contribution in [3.8, 4) is 0 Å². The molecule has 2 heterocycles. The molecule has 5 heteroatoms. The molecular formula is C14H14N2O2S. The van der Waals surface area contributed by atoms with E-state index in [2.05, 4.69) is 23.8 Å². The fourth-order valence-electron chi connectivity index (χ4n) is 2.45. The number of hydrogen-bond donors (Lipinski definition) is 1. The van der Waals surface area contributed by atoms with Gasteiger partial charge in [-0.05, 0) is 42.5 Å². The molecule has 0 fully saturated rings. The van der Waals surface area contributed by atoms with Crippen molar-refractivity contribution in [2.45, 2.75) is 13.5 Å². The number of aromatic nitrogens is 1. The standard InChI is InChI=1S/C14H14N2O2S/c1-3-16-8-9-4-5-19-15(2)11-6-10(14(17)18)7-12(16)13(9)11/h4-8H,3H2,1-2H3,(H,17,18). The molecule has 4 nitrogen and oxygen atoms in total. The van der Waals surface area contributed by atoms with Gasteiger partial charge in [-0.1, -0.05) is 0 Å². The third-order valence-electron chi connectivity index (χ3n) is 3.38. The van der Waals surface area contributed by atoms with Crippen molar-refractivity contribution in [3.63, 3.8) is 0 Å². The van der Waals surface area contributed by atoms with E-state index in [9.17, 15) is 9.90 Å². The monoisotopic (exact) mass is 274 g/mol. The summed E-state index contributed by atoms with van der Waals surface area (Å²) < 4.78 is 4.09. The third-order valence-corrected chi connectivity index (χ3v) is 4.15. The Morgan fingerprint density at radius 1 is 1.42 bits per heavy atom. The summed E-state index contributed by atoms with van der Waals surface area (Å²) in [5.74, 6) is -0.890. The zero-order valence-electron chi connectivity index (χ0n) is 10.8. The maximum absolute atomic E-state index is 11.3. The van der Waals surface area contributed by atoms with Gasteiger partial charge in [-0.3, -0.25) is 0 Å². The van der Waals surface area contributed by atoms with Crippen molar-refractivity contribution in [1.29, 1.82) is 0 Å². The van der Waals surface area contributed by atoms with Gasteiger partial charge < -0.3 is 14.0 Å². The second-order valence-electron chi connectivity index (χ2n) is 4.47. The first-order valence-corrected chi connectivity index (χ1v) is 6.92. The smallest absolute Gasteiger partial charge is 0.335 e. The fraction of sp³-hybridized carbons (Fsp3) is 0.214. The molecule has 1 N–H and O–H groups in total. The number of benzene rings is 1. The highest BCUT2D eigenvalue weighted by molar-refractivity contribution is 8.03. The van der Waals surface area contributed by atoms with E-state index in [0.717, 1.165) is 28.7 Å². The fourth-order valence-corrected chi connectivity index (χ4v) is 3.10. The molecule has 0 amide bonds. The topological polar surface area (TPSA) is 45.5 Å². The van der Waals surface area contributed by atoms with Crippen LogP contribution in [0.3, 0.4) is 0 Å². The largest absolute Gasteiger partial charge is 0.478 e. The zero-order valence-corrected chi connectivity index (χ0v) is 11.6. The van der Waals surface area contributed by atoms with Crippen LogP contribution in [0.5, 0.6) is 0 Å². The summed E-state index contributed by atoms with van der Waals surface area (Å²) in [6, 6.07) is 3.50. The molecule has 0 unspecified atom stereocenters. The van der Waals surface area contributed by atoms with Crippen molar-refractivity contribution in [1.82, 2.24) is 4.57 Å². The van der Waals surface area contributed by atoms with E-state index in [1.807, 2.05) is 16.8 Å². The van der Waals surface area contributed by atoms with Gasteiger partial charge in [0, 0.05) is 30.7 Å². The first-order valence-electron chi connectivity index (χ1n) is 6.09. The molecule has 1 aliphatic heterocycles. The van der Waals surface area contributed by atoms with E-state index < -0.39 is 5.97 Å². The van der Waals surface area contributed by atoms with Crippen molar-refractivity contribution in [2.75, 3.05) is 11.4 Å². The van der Waals surface area contributed by atoms with Crippen LogP contribution in [0, 0.1) is 0 Å². The van der Waals surface area contributed by atoms with Crippen LogP contribution in [0.25, 0.3) is 17.0 Å². The Bertz CT molecular complexity index is 703. The van der Waals surface area contributed by atoms with Crippen LogP contribution >= 0.6 is 11.9 Å². The molecule has 1 aliphatic rings. The first kappa shape index (κ1) is 12.2. The Hall–Kier alpha value is -1.88. The van der Waals surface area contributed by atoms with Crippen LogP contribution in [0.4, 0.5) is 5.69 Å². The van der Waals surface area contributed by atoms with E-state index in [0.29, 0.717) is 5.56 Å². The number of rotatable bonds is 2. The molecule has 0 radical (unpaired) electrons. The lowest BCUT2D eigenvalue weighted by Gasteiger charge is -2.17. The maximum Gasteiger partial charge on any atom is 0.335 e. The molecule has 2 aromatic rings. The van der Waals surface area contributed by atoms with E-state index >= 15 is 0 Å². The van der Waals surface area contributed by atoms with Gasteiger partial charge in [0.1, 0.15) is 0 Å². The van der Waals surface area contributed by atoms with Gasteiger partial charge in [-0.15, -0.1) is 0 Å². The first-order chi connectivity index (χ1) is 9.11. The number of anilines is 1. The normalized spacial score (nSPS) is 13.9. The summed E-state index contributed by atoms with van der Waals surface area (Å²) in [5, 5.41) is 12.4. The molecule has 0 spiro atoms. The Morgan fingerprint density at radius 3 is 2.89 bits per heavy atom. The molecule has 3 rings (SSSR count). The predicted molar refractivity (Wildman–Crippen MR) is 79.6 cm³/mol. The quantitative estimate of drug-likeness (QED) is 0.852. The summed E-state index contributed by atoms with van der Waals surface area (Å²) in [4.78, 5) is 11.3. The van der Waals surface area contributed by atoms with Crippen LogP contribution in [-0.4, -0.2) is 22.7 Å². The minimum absolute atomic E-state index is 0.330. The number of carboxylic acids is 1. The molecule has 0 atom stereocenters. The Morgan fingerprint density at radius 2 is 2.21 bits per heavy atom. The van der Waals surface area contributed by atoms with Crippen LogP contribution in [0.15, 0.2) is 23.7 Å². The lowest BCUT2D eigenvalue weighted by Crippen LogP contribution is -2.07. The molecular weight excluding hydrogens is 260 g/mol. The Kier molecular flexibility index (Phi) is 2.78. The molecule has 0 saturated heterocycles. The average molecular weight is 274 g/mol. The average Bonchev–Trinajstić information content (AvgIpc) is 2.67. The summed E-state index contributed by atoms with van der Waals surface area (Å²) >= 11 is 1.56. The number of carboxylic acid groups (broad SMARTS) is 1. The second-order valence-corrected chi connectivity index (χ2v) is 5.50. The van der Waals surface area contributed by atoms with Gasteiger partial charge >= 0.3 is 5.97 Å². The van der Waals surface area contributed by atoms with Crippen molar-refractivity contribution >= 4 is 40.6 Å². The predicted octanol–water partition coefficient (Wildman–Crippen LogP) is 3.43. The molecule has 1 aromatic heterocycles. The zero-order chi connectivity index (χ0) is 13.6. The van der Waals surface area contributed by atoms with Gasteiger partial charge in [0.2, 0.25) is 0 Å². The van der Waals surface area contributed by atoms with Gasteiger partial charge in [0.15, 0.2) is 0 Å². The molecule has 19 heavy (non-hydrogen) atoms. The molecule has 0 saturated carbocycles. The highest BCUT2D eigenvalue weighted by Gasteiger charge is 2.19. The Labute approximate surface area is 115 Å². The summed E-state index contributed by atoms with van der Waals surface area (Å²) in [7, 11) is 1.95. The van der Waals surface area contributed by atoms with E-state index in [-0.39, 0.29) is 0 Å². The number of hydrogen-bond acceptors (Lipinski definition) is 3. The van der Waals surface area contributed by atoms with Gasteiger partial charge in [0.25, 0.3) is 0 Å². The Balaban J connectivity index is 2.42. The lowest BCUT2D eigenvalue weighted by atomic mass is 10.1. The summed E-state index contributed by atoms with van der Waals surface area (Å²) in [6.07, 6.45) is 4.16. The number of aryl methyl sites for hydroxylation is 1. The van der Waals surface area contributed by atoms with Crippen LogP contribution in [0.1, 0.15) is 22.8 Å². The minimum Gasteiger partial charge on any atom is -0.478 e. The third kappa shape index (κ3) is 1.81. The lowest BCUT2D eigenvalue weighted by molar-refractivity contribution is 0.0697. The SMILES string of the molecule is CCn1cc2c3c(cc(C(=O)O)cc31)N(C)SC=C2. The van der Waals surface area contributed by atoms with E-state index in [4.69, 9.17) is 0 Å². The number of carbonyl (C=O) groups is 1. The van der Waals surface area contributed by atoms with Crippen LogP contribution in [0.2, 0.25) is 0 Å². The van der Waals surface area contributed by atoms with Gasteiger partial charge in [-0.25, -0.2) is 4.79 Å². The summed E-state index contributed by atoms with van der Waals surface area (Å²) in [6.45, 7) is 2.88. The van der Waals surface area contributed by atoms with Crippen molar-refractivity contribution in [3.05, 3.63) is 34.9 Å². The molecule has 98 valence electrons. The second kappa shape index (κ2) is 4.35. The number of nitrogens with zero attached hydrogens (tertiary/aromatic N) is 2. The highest BCUT2D eigenvalue weighted by Crippen LogP contribution is 2.38. The van der Waals surface area contributed by atoms with E-state index in [1.54, 1.807) is 24.1 Å². The van der Waals surface area contributed by atoms with Crippen molar-refractivity contribution < 1.29 is 9.90 Å². The molecule has 1 aromatic carbocycles. The van der Waals surface area contributed by atoms with Crippen LogP contribution < -0.4 is 4.31 Å². The van der Waals surface area contributed by atoms with Crippen LogP contribution in [-0.2, 0) is 6.54 Å². The maximum atomic E-state index is 11.3. The number of aromatic carboxylic acids is 1. The molecule has 0 aliphatic carbocycles. The minimum atomic E-state index is -0.890. The van der Waals surface area contributed by atoms with Gasteiger partial charge in [0.05, 0.1) is 16.8 Å². The highest BCUT2D eigenvalue weighted by atomic mass is 32.2. The van der Waals surface area contributed by atoms with Crippen molar-refractivity contribution in [2.24, 2.45) is 0 Å². The van der Waals surface area contributed by atoms with Gasteiger partial charge in [-0.2, -0.15) is 0 Å².